The number of aromatic carboxylic acids is 1. The van der Waals surface area contributed by atoms with Gasteiger partial charge in [0.05, 0.1) is 11.3 Å². The summed E-state index contributed by atoms with van der Waals surface area (Å²) in [4.78, 5) is 35.6. The molecule has 1 aliphatic rings. The molecule has 1 aliphatic heterocycles. The normalized spacial score (nSPS) is 15.8. The van der Waals surface area contributed by atoms with E-state index < -0.39 is 11.6 Å². The Morgan fingerprint density at radius 2 is 1.88 bits per heavy atom. The van der Waals surface area contributed by atoms with Gasteiger partial charge in [-0.3, -0.25) is 0 Å². The summed E-state index contributed by atoms with van der Waals surface area (Å²) >= 11 is 0. The first-order chi connectivity index (χ1) is 11.6. The molecule has 0 saturated carbocycles. The Balaban J connectivity index is 2.13. The van der Waals surface area contributed by atoms with Crippen LogP contribution in [0.1, 0.15) is 55.6 Å². The van der Waals surface area contributed by atoms with E-state index in [1.807, 2.05) is 34.9 Å². The number of rotatable bonds is 3. The number of carboxylic acids is 1. The Morgan fingerprint density at radius 3 is 2.36 bits per heavy atom. The van der Waals surface area contributed by atoms with Gasteiger partial charge in [0, 0.05) is 39.3 Å². The van der Waals surface area contributed by atoms with Crippen molar-refractivity contribution in [2.24, 2.45) is 0 Å². The molecule has 138 valence electrons. The lowest BCUT2D eigenvalue weighted by Crippen LogP contribution is -2.41. The van der Waals surface area contributed by atoms with E-state index in [9.17, 15) is 14.7 Å². The molecular weight excluding hydrogens is 324 g/mol. The molecule has 1 aromatic heterocycles. The highest BCUT2D eigenvalue weighted by atomic mass is 16.6. The van der Waals surface area contributed by atoms with Gasteiger partial charge in [-0.15, -0.1) is 0 Å². The van der Waals surface area contributed by atoms with Gasteiger partial charge in [0.25, 0.3) is 0 Å². The lowest BCUT2D eigenvalue weighted by molar-refractivity contribution is 0.0203. The van der Waals surface area contributed by atoms with Crippen molar-refractivity contribution < 1.29 is 19.4 Å². The fourth-order valence-electron chi connectivity index (χ4n) is 2.74. The lowest BCUT2D eigenvalue weighted by atomic mass is 9.91. The maximum Gasteiger partial charge on any atom is 0.410 e. The van der Waals surface area contributed by atoms with Crippen molar-refractivity contribution in [3.63, 3.8) is 0 Å². The summed E-state index contributed by atoms with van der Waals surface area (Å²) in [5.41, 5.74) is 0.133. The first-order valence-electron chi connectivity index (χ1n) is 8.34. The molecule has 0 atom stereocenters. The summed E-state index contributed by atoms with van der Waals surface area (Å²) in [6.45, 7) is 6.53. The monoisotopic (exact) mass is 350 g/mol. The van der Waals surface area contributed by atoms with E-state index in [-0.39, 0.29) is 17.6 Å². The highest BCUT2D eigenvalue weighted by molar-refractivity contribution is 5.88. The Kier molecular flexibility index (Phi) is 5.49. The number of nitrogens with zero attached hydrogens (tertiary/aromatic N) is 4. The minimum atomic E-state index is -1.03. The van der Waals surface area contributed by atoms with Crippen molar-refractivity contribution in [3.8, 4) is 0 Å². The molecule has 0 bridgehead atoms. The number of aromatic nitrogens is 2. The predicted molar refractivity (Wildman–Crippen MR) is 93.1 cm³/mol. The SMILES string of the molecule is CN(C)c1ncc(C(=O)O)c(C2CCN(C(=O)OC(C)(C)C)CC2)n1. The molecule has 1 aromatic rings. The summed E-state index contributed by atoms with van der Waals surface area (Å²) in [5.74, 6) is -0.573. The molecule has 0 aliphatic carbocycles. The van der Waals surface area contributed by atoms with Gasteiger partial charge in [0.2, 0.25) is 5.95 Å². The van der Waals surface area contributed by atoms with Crippen LogP contribution in [-0.4, -0.2) is 64.8 Å². The van der Waals surface area contributed by atoms with Crippen LogP contribution < -0.4 is 4.90 Å². The molecule has 1 fully saturated rings. The molecule has 0 spiro atoms. The van der Waals surface area contributed by atoms with Gasteiger partial charge in [0.1, 0.15) is 5.60 Å². The van der Waals surface area contributed by atoms with E-state index in [0.29, 0.717) is 37.6 Å². The number of ether oxygens (including phenoxy) is 1. The van der Waals surface area contributed by atoms with Crippen LogP contribution in [0.25, 0.3) is 0 Å². The summed E-state index contributed by atoms with van der Waals surface area (Å²) in [6, 6.07) is 0. The molecule has 8 nitrogen and oxygen atoms in total. The van der Waals surface area contributed by atoms with Crippen LogP contribution in [0.2, 0.25) is 0 Å². The molecular formula is C17H26N4O4. The van der Waals surface area contributed by atoms with E-state index in [1.165, 1.54) is 6.20 Å². The number of amides is 1. The van der Waals surface area contributed by atoms with Crippen LogP contribution in [0.4, 0.5) is 10.7 Å². The van der Waals surface area contributed by atoms with Crippen molar-refractivity contribution in [2.75, 3.05) is 32.1 Å². The van der Waals surface area contributed by atoms with Gasteiger partial charge in [-0.25, -0.2) is 19.6 Å². The molecule has 1 N–H and O–H groups in total. The molecule has 25 heavy (non-hydrogen) atoms. The Hall–Kier alpha value is -2.38. The van der Waals surface area contributed by atoms with E-state index in [0.717, 1.165) is 0 Å². The second kappa shape index (κ2) is 7.25. The number of hydrogen-bond acceptors (Lipinski definition) is 6. The number of carbonyl (C=O) groups excluding carboxylic acids is 1. The van der Waals surface area contributed by atoms with Crippen LogP contribution in [0.15, 0.2) is 6.20 Å². The first kappa shape index (κ1) is 19.0. The zero-order valence-corrected chi connectivity index (χ0v) is 15.4. The van der Waals surface area contributed by atoms with Gasteiger partial charge in [-0.05, 0) is 33.6 Å². The van der Waals surface area contributed by atoms with E-state index >= 15 is 0 Å². The third kappa shape index (κ3) is 4.80. The number of hydrogen-bond donors (Lipinski definition) is 1. The summed E-state index contributed by atoms with van der Waals surface area (Å²) < 4.78 is 5.39. The van der Waals surface area contributed by atoms with Crippen LogP contribution in [-0.2, 0) is 4.74 Å². The van der Waals surface area contributed by atoms with E-state index in [4.69, 9.17) is 4.74 Å². The van der Waals surface area contributed by atoms with Crippen molar-refractivity contribution in [1.82, 2.24) is 14.9 Å². The summed E-state index contributed by atoms with van der Waals surface area (Å²) in [7, 11) is 3.62. The highest BCUT2D eigenvalue weighted by Crippen LogP contribution is 2.30. The largest absolute Gasteiger partial charge is 0.478 e. The van der Waals surface area contributed by atoms with Gasteiger partial charge < -0.3 is 19.6 Å². The Labute approximate surface area is 147 Å². The number of likely N-dealkylation sites (tertiary alicyclic amines) is 1. The van der Waals surface area contributed by atoms with Crippen molar-refractivity contribution >= 4 is 18.0 Å². The lowest BCUT2D eigenvalue weighted by Gasteiger charge is -2.33. The second-order valence-corrected chi connectivity index (χ2v) is 7.41. The molecule has 1 amide bonds. The quantitative estimate of drug-likeness (QED) is 0.894. The molecule has 1 saturated heterocycles. The minimum Gasteiger partial charge on any atom is -0.478 e. The summed E-state index contributed by atoms with van der Waals surface area (Å²) in [6.07, 6.45) is 2.31. The van der Waals surface area contributed by atoms with E-state index in [2.05, 4.69) is 9.97 Å². The standard InChI is InChI=1S/C17H26N4O4/c1-17(2,3)25-16(24)21-8-6-11(7-9-21)13-12(14(22)23)10-18-15(19-13)20(4)5/h10-11H,6-9H2,1-5H3,(H,22,23). The molecule has 0 aromatic carbocycles. The maximum absolute atomic E-state index is 12.2. The smallest absolute Gasteiger partial charge is 0.410 e. The first-order valence-corrected chi connectivity index (χ1v) is 8.34. The molecule has 2 heterocycles. The van der Waals surface area contributed by atoms with Gasteiger partial charge in [-0.1, -0.05) is 0 Å². The van der Waals surface area contributed by atoms with Gasteiger partial charge >= 0.3 is 12.1 Å². The van der Waals surface area contributed by atoms with Gasteiger partial charge in [-0.2, -0.15) is 0 Å². The average molecular weight is 350 g/mol. The zero-order valence-electron chi connectivity index (χ0n) is 15.4. The van der Waals surface area contributed by atoms with E-state index in [1.54, 1.807) is 9.80 Å². The summed E-state index contributed by atoms with van der Waals surface area (Å²) in [5, 5.41) is 9.42. The Bertz CT molecular complexity index is 647. The molecule has 2 rings (SSSR count). The Morgan fingerprint density at radius 1 is 1.28 bits per heavy atom. The van der Waals surface area contributed by atoms with Crippen molar-refractivity contribution in [2.45, 2.75) is 45.1 Å². The number of carboxylic acid groups (broad SMARTS) is 1. The van der Waals surface area contributed by atoms with Crippen LogP contribution in [0, 0.1) is 0 Å². The number of carbonyl (C=O) groups is 2. The maximum atomic E-state index is 12.2. The topological polar surface area (TPSA) is 95.9 Å². The third-order valence-electron chi connectivity index (χ3n) is 3.97. The molecule has 8 heteroatoms. The fraction of sp³-hybridized carbons (Fsp3) is 0.647. The second-order valence-electron chi connectivity index (χ2n) is 7.41. The van der Waals surface area contributed by atoms with Crippen LogP contribution in [0.3, 0.4) is 0 Å². The fourth-order valence-corrected chi connectivity index (χ4v) is 2.74. The molecule has 0 unspecified atom stereocenters. The van der Waals surface area contributed by atoms with Crippen LogP contribution in [0.5, 0.6) is 0 Å². The highest BCUT2D eigenvalue weighted by Gasteiger charge is 2.30. The minimum absolute atomic E-state index is 0.0218. The zero-order chi connectivity index (χ0) is 18.8. The van der Waals surface area contributed by atoms with Crippen molar-refractivity contribution in [3.05, 3.63) is 17.5 Å². The number of anilines is 1. The third-order valence-corrected chi connectivity index (χ3v) is 3.97. The van der Waals surface area contributed by atoms with Crippen molar-refractivity contribution in [1.29, 1.82) is 0 Å². The number of piperidine rings is 1. The average Bonchev–Trinajstić information content (AvgIpc) is 2.52. The van der Waals surface area contributed by atoms with Crippen LogP contribution >= 0.6 is 0 Å². The molecule has 0 radical (unpaired) electrons. The van der Waals surface area contributed by atoms with Gasteiger partial charge in [0.15, 0.2) is 0 Å². The predicted octanol–water partition coefficient (Wildman–Crippen LogP) is 2.36.